The van der Waals surface area contributed by atoms with Crippen LogP contribution in [0.2, 0.25) is 0 Å². The first kappa shape index (κ1) is 13.9. The van der Waals surface area contributed by atoms with Gasteiger partial charge in [-0.05, 0) is 55.0 Å². The van der Waals surface area contributed by atoms with Gasteiger partial charge in [0.05, 0.1) is 17.6 Å². The maximum atomic E-state index is 13.8. The molecular weight excluding hydrogens is 297 g/mol. The summed E-state index contributed by atoms with van der Waals surface area (Å²) in [6.07, 6.45) is 0. The second-order valence-corrected chi connectivity index (χ2v) is 5.26. The van der Waals surface area contributed by atoms with Crippen LogP contribution in [0.15, 0.2) is 30.3 Å². The third-order valence-electron chi connectivity index (χ3n) is 3.39. The molecule has 1 aromatic heterocycles. The molecule has 0 aliphatic rings. The number of imidazole rings is 1. The number of aromatic amines is 1. The number of aromatic nitrogens is 2. The van der Waals surface area contributed by atoms with Crippen LogP contribution >= 0.6 is 12.2 Å². The molecule has 1 N–H and O–H groups in total. The van der Waals surface area contributed by atoms with Crippen LogP contribution in [0, 0.1) is 29.1 Å². The molecule has 0 saturated heterocycles. The van der Waals surface area contributed by atoms with Gasteiger partial charge in [0.15, 0.2) is 4.77 Å². The van der Waals surface area contributed by atoms with Crippen LogP contribution < -0.4 is 0 Å². The van der Waals surface area contributed by atoms with Crippen molar-refractivity contribution >= 4 is 23.3 Å². The average Bonchev–Trinajstić information content (AvgIpc) is 2.71. The summed E-state index contributed by atoms with van der Waals surface area (Å²) >= 11 is 5.18. The van der Waals surface area contributed by atoms with E-state index in [4.69, 9.17) is 12.2 Å². The molecule has 0 spiro atoms. The smallest absolute Gasteiger partial charge is 0.178 e. The van der Waals surface area contributed by atoms with Gasteiger partial charge in [-0.1, -0.05) is 0 Å². The minimum atomic E-state index is -0.514. The third kappa shape index (κ3) is 2.47. The van der Waals surface area contributed by atoms with E-state index in [2.05, 4.69) is 4.98 Å². The molecule has 2 aromatic carbocycles. The van der Waals surface area contributed by atoms with E-state index in [1.54, 1.807) is 17.6 Å². The zero-order valence-electron chi connectivity index (χ0n) is 11.1. The summed E-state index contributed by atoms with van der Waals surface area (Å²) in [5.74, 6) is -1.37. The second-order valence-electron chi connectivity index (χ2n) is 4.87. The molecule has 108 valence electrons. The predicted molar refractivity (Wildman–Crippen MR) is 77.3 cm³/mol. The summed E-state index contributed by atoms with van der Waals surface area (Å²) in [4.78, 5) is 2.87. The van der Waals surface area contributed by atoms with Crippen LogP contribution in [0.1, 0.15) is 11.1 Å². The maximum absolute atomic E-state index is 13.8. The zero-order valence-corrected chi connectivity index (χ0v) is 11.9. The Morgan fingerprint density at radius 1 is 1.10 bits per heavy atom. The van der Waals surface area contributed by atoms with Crippen LogP contribution in [-0.4, -0.2) is 9.55 Å². The molecule has 0 fully saturated rings. The van der Waals surface area contributed by atoms with E-state index >= 15 is 0 Å². The number of nitrogens with zero attached hydrogens (tertiary/aromatic N) is 1. The first-order chi connectivity index (χ1) is 9.95. The molecule has 21 heavy (non-hydrogen) atoms. The van der Waals surface area contributed by atoms with Gasteiger partial charge in [0, 0.05) is 5.56 Å². The Labute approximate surface area is 123 Å². The highest BCUT2D eigenvalue weighted by atomic mass is 32.1. The fourth-order valence-corrected chi connectivity index (χ4v) is 2.55. The van der Waals surface area contributed by atoms with Gasteiger partial charge in [0.2, 0.25) is 0 Å². The number of aryl methyl sites for hydroxylation is 1. The summed E-state index contributed by atoms with van der Waals surface area (Å²) in [6.45, 7) is 1.71. The van der Waals surface area contributed by atoms with E-state index in [1.165, 1.54) is 6.07 Å². The van der Waals surface area contributed by atoms with Crippen molar-refractivity contribution in [3.8, 4) is 0 Å². The van der Waals surface area contributed by atoms with Crippen molar-refractivity contribution in [2.75, 3.05) is 0 Å². The van der Waals surface area contributed by atoms with Gasteiger partial charge in [-0.15, -0.1) is 0 Å². The molecule has 0 amide bonds. The molecule has 0 radical (unpaired) electrons. The van der Waals surface area contributed by atoms with Crippen LogP contribution in [-0.2, 0) is 6.54 Å². The average molecular weight is 308 g/mol. The number of halogens is 3. The fourth-order valence-electron chi connectivity index (χ4n) is 2.27. The van der Waals surface area contributed by atoms with Crippen LogP contribution in [0.4, 0.5) is 13.2 Å². The highest BCUT2D eigenvalue weighted by Crippen LogP contribution is 2.21. The van der Waals surface area contributed by atoms with Crippen LogP contribution in [0.25, 0.3) is 11.0 Å². The van der Waals surface area contributed by atoms with E-state index in [1.807, 2.05) is 0 Å². The second kappa shape index (κ2) is 5.04. The highest BCUT2D eigenvalue weighted by molar-refractivity contribution is 7.71. The van der Waals surface area contributed by atoms with Crippen molar-refractivity contribution in [1.29, 1.82) is 0 Å². The van der Waals surface area contributed by atoms with Crippen molar-refractivity contribution in [3.63, 3.8) is 0 Å². The van der Waals surface area contributed by atoms with E-state index in [0.29, 0.717) is 21.4 Å². The molecule has 0 unspecified atom stereocenters. The molecule has 2 nitrogen and oxygen atoms in total. The fraction of sp³-hybridized carbons (Fsp3) is 0.133. The molecule has 0 aliphatic heterocycles. The first-order valence-corrected chi connectivity index (χ1v) is 6.69. The van der Waals surface area contributed by atoms with Gasteiger partial charge in [0.25, 0.3) is 0 Å². The molecule has 0 atom stereocenters. The molecule has 6 heteroatoms. The van der Waals surface area contributed by atoms with Crippen molar-refractivity contribution in [3.05, 3.63) is 63.7 Å². The minimum absolute atomic E-state index is 0.0769. The normalized spacial score (nSPS) is 11.2. The summed E-state index contributed by atoms with van der Waals surface area (Å²) in [5.41, 5.74) is 1.83. The lowest BCUT2D eigenvalue weighted by Gasteiger charge is -2.07. The Morgan fingerprint density at radius 2 is 1.86 bits per heavy atom. The molecule has 3 rings (SSSR count). The molecule has 1 heterocycles. The van der Waals surface area contributed by atoms with E-state index in [9.17, 15) is 13.2 Å². The highest BCUT2D eigenvalue weighted by Gasteiger charge is 2.11. The quantitative estimate of drug-likeness (QED) is 0.693. The molecule has 3 aromatic rings. The number of benzene rings is 2. The van der Waals surface area contributed by atoms with E-state index in [0.717, 1.165) is 18.2 Å². The Balaban J connectivity index is 2.16. The van der Waals surface area contributed by atoms with Crippen LogP contribution in [0.5, 0.6) is 0 Å². The SMILES string of the molecule is Cc1cc2c(cc1F)[nH]c(=S)n2Cc1cc(F)ccc1F. The number of nitrogens with one attached hydrogen (secondary N) is 1. The Bertz CT molecular complexity index is 896. The standard InChI is InChI=1S/C15H11F3N2S/c1-8-4-14-13(6-12(8)18)19-15(21)20(14)7-9-5-10(16)2-3-11(9)17/h2-6H,7H2,1H3,(H,19,21). The topological polar surface area (TPSA) is 20.7 Å². The third-order valence-corrected chi connectivity index (χ3v) is 3.71. The number of hydrogen-bond donors (Lipinski definition) is 1. The Morgan fingerprint density at radius 3 is 2.62 bits per heavy atom. The summed E-state index contributed by atoms with van der Waals surface area (Å²) < 4.78 is 42.5. The van der Waals surface area contributed by atoms with Gasteiger partial charge in [0.1, 0.15) is 17.5 Å². The number of fused-ring (bicyclic) bond motifs is 1. The number of hydrogen-bond acceptors (Lipinski definition) is 1. The maximum Gasteiger partial charge on any atom is 0.178 e. The van der Waals surface area contributed by atoms with Gasteiger partial charge in [-0.3, -0.25) is 0 Å². The van der Waals surface area contributed by atoms with Crippen molar-refractivity contribution in [1.82, 2.24) is 9.55 Å². The molecule has 0 aliphatic carbocycles. The summed E-state index contributed by atoms with van der Waals surface area (Å²) in [6, 6.07) is 6.25. The molecular formula is C15H11F3N2S. The van der Waals surface area contributed by atoms with Crippen LogP contribution in [0.3, 0.4) is 0 Å². The van der Waals surface area contributed by atoms with E-state index in [-0.39, 0.29) is 17.9 Å². The first-order valence-electron chi connectivity index (χ1n) is 6.28. The summed E-state index contributed by atoms with van der Waals surface area (Å²) in [5, 5.41) is 0. The van der Waals surface area contributed by atoms with Gasteiger partial charge < -0.3 is 9.55 Å². The van der Waals surface area contributed by atoms with Gasteiger partial charge >= 0.3 is 0 Å². The van der Waals surface area contributed by atoms with Gasteiger partial charge in [-0.2, -0.15) is 0 Å². The molecule has 0 saturated carbocycles. The Kier molecular flexibility index (Phi) is 3.33. The molecule has 0 bridgehead atoms. The lowest BCUT2D eigenvalue weighted by atomic mass is 10.2. The van der Waals surface area contributed by atoms with Gasteiger partial charge in [-0.25, -0.2) is 13.2 Å². The number of H-pyrrole nitrogens is 1. The van der Waals surface area contributed by atoms with Crippen molar-refractivity contribution < 1.29 is 13.2 Å². The number of rotatable bonds is 2. The lowest BCUT2D eigenvalue weighted by Crippen LogP contribution is -2.03. The monoisotopic (exact) mass is 308 g/mol. The van der Waals surface area contributed by atoms with Crippen molar-refractivity contribution in [2.45, 2.75) is 13.5 Å². The van der Waals surface area contributed by atoms with Crippen molar-refractivity contribution in [2.24, 2.45) is 0 Å². The lowest BCUT2D eigenvalue weighted by molar-refractivity contribution is 0.578. The Hall–Kier alpha value is -2.08. The zero-order chi connectivity index (χ0) is 15.1. The minimum Gasteiger partial charge on any atom is -0.330 e. The summed E-state index contributed by atoms with van der Waals surface area (Å²) in [7, 11) is 0. The largest absolute Gasteiger partial charge is 0.330 e. The predicted octanol–water partition coefficient (Wildman–Crippen LogP) is 4.47. The van der Waals surface area contributed by atoms with E-state index < -0.39 is 11.6 Å².